The molecule has 0 aromatic heterocycles. The summed E-state index contributed by atoms with van der Waals surface area (Å²) in [6.45, 7) is 2.06. The zero-order valence-electron chi connectivity index (χ0n) is 17.1. The van der Waals surface area contributed by atoms with Crippen molar-refractivity contribution in [2.75, 3.05) is 10.6 Å². The van der Waals surface area contributed by atoms with Gasteiger partial charge < -0.3 is 32.6 Å². The van der Waals surface area contributed by atoms with Crippen molar-refractivity contribution in [1.82, 2.24) is 0 Å². The highest BCUT2D eigenvalue weighted by molar-refractivity contribution is 7.81. The average Bonchev–Trinajstić information content (AvgIpc) is 3.40. The molecule has 1 aliphatic rings. The minimum absolute atomic E-state index is 0.247. The third-order valence-electron chi connectivity index (χ3n) is 4.90. The maximum atomic E-state index is 12.2. The van der Waals surface area contributed by atoms with Gasteiger partial charge in [-0.05, 0) is 36.8 Å². The quantitative estimate of drug-likeness (QED) is 0.297. The number of ether oxygens (including phenoxy) is 1. The SMILES string of the molecule is CC(N)=CC(=S)Nc1cc(N[C@@]2(C(N)=O)C[C@@H]2OCc2ccccc2)ccc1C(N)=O. The highest BCUT2D eigenvalue weighted by Gasteiger charge is 2.61. The van der Waals surface area contributed by atoms with Crippen LogP contribution in [0.1, 0.15) is 29.3 Å². The summed E-state index contributed by atoms with van der Waals surface area (Å²) < 4.78 is 5.89. The molecule has 0 bridgehead atoms. The molecule has 1 saturated carbocycles. The van der Waals surface area contributed by atoms with Crippen LogP contribution in [0.3, 0.4) is 0 Å². The Bertz CT molecular complexity index is 1040. The van der Waals surface area contributed by atoms with Crippen molar-refractivity contribution in [1.29, 1.82) is 0 Å². The zero-order valence-corrected chi connectivity index (χ0v) is 17.9. The molecule has 8 nitrogen and oxygen atoms in total. The largest absolute Gasteiger partial charge is 0.402 e. The van der Waals surface area contributed by atoms with E-state index in [4.69, 9.17) is 34.2 Å². The third kappa shape index (κ3) is 5.39. The first kappa shape index (κ1) is 22.3. The molecule has 0 aliphatic heterocycles. The van der Waals surface area contributed by atoms with Gasteiger partial charge in [0, 0.05) is 17.8 Å². The average molecular weight is 440 g/mol. The van der Waals surface area contributed by atoms with Gasteiger partial charge in [0.15, 0.2) is 0 Å². The van der Waals surface area contributed by atoms with Crippen LogP contribution in [0.2, 0.25) is 0 Å². The van der Waals surface area contributed by atoms with Crippen molar-refractivity contribution in [3.05, 3.63) is 71.4 Å². The number of carbonyl (C=O) groups excluding carboxylic acids is 2. The topological polar surface area (TPSA) is 145 Å². The lowest BCUT2D eigenvalue weighted by Gasteiger charge is -2.19. The lowest BCUT2D eigenvalue weighted by molar-refractivity contribution is -0.120. The fourth-order valence-corrected chi connectivity index (χ4v) is 3.53. The highest BCUT2D eigenvalue weighted by Crippen LogP contribution is 2.43. The van der Waals surface area contributed by atoms with Crippen molar-refractivity contribution >= 4 is 40.4 Å². The number of primary amides is 2. The van der Waals surface area contributed by atoms with Gasteiger partial charge in [-0.1, -0.05) is 42.5 Å². The number of benzene rings is 2. The van der Waals surface area contributed by atoms with Crippen LogP contribution in [0, 0.1) is 0 Å². The summed E-state index contributed by atoms with van der Waals surface area (Å²) in [5.41, 5.74) is 18.5. The third-order valence-corrected chi connectivity index (χ3v) is 5.12. The summed E-state index contributed by atoms with van der Waals surface area (Å²) in [6.07, 6.45) is 1.61. The Balaban J connectivity index is 1.77. The van der Waals surface area contributed by atoms with Gasteiger partial charge in [-0.15, -0.1) is 0 Å². The maximum absolute atomic E-state index is 12.2. The number of hydrogen-bond donors (Lipinski definition) is 5. The van der Waals surface area contributed by atoms with Crippen LogP contribution in [0.5, 0.6) is 0 Å². The summed E-state index contributed by atoms with van der Waals surface area (Å²) in [5, 5.41) is 6.10. The second-order valence-corrected chi connectivity index (χ2v) is 7.89. The van der Waals surface area contributed by atoms with E-state index < -0.39 is 17.4 Å². The molecule has 8 N–H and O–H groups in total. The standard InChI is InChI=1S/C22H25N5O3S/c1-13(23)9-19(31)26-17-10-15(7-8-16(17)20(24)28)27-22(21(25)29)11-18(22)30-12-14-5-3-2-4-6-14/h2-10,18,27H,11-12,23H2,1H3,(H2,24,28)(H2,25,29)(H,26,31)/t18-,22-/m0/s1. The number of allylic oxidation sites excluding steroid dienone is 1. The monoisotopic (exact) mass is 439 g/mol. The number of nitrogens with one attached hydrogen (secondary N) is 2. The number of thiocarbonyl (C=S) groups is 1. The smallest absolute Gasteiger partial charge is 0.250 e. The van der Waals surface area contributed by atoms with Gasteiger partial charge in [-0.2, -0.15) is 0 Å². The molecule has 1 fully saturated rings. The molecule has 9 heteroatoms. The molecule has 0 heterocycles. The molecule has 162 valence electrons. The molecule has 2 aromatic carbocycles. The van der Waals surface area contributed by atoms with Crippen molar-refractivity contribution in [3.8, 4) is 0 Å². The molecule has 0 saturated heterocycles. The van der Waals surface area contributed by atoms with Crippen LogP contribution in [-0.2, 0) is 16.1 Å². The van der Waals surface area contributed by atoms with E-state index in [-0.39, 0.29) is 11.7 Å². The van der Waals surface area contributed by atoms with Gasteiger partial charge in [0.25, 0.3) is 5.91 Å². The van der Waals surface area contributed by atoms with E-state index in [1.54, 1.807) is 31.2 Å². The summed E-state index contributed by atoms with van der Waals surface area (Å²) in [7, 11) is 0. The number of hydrogen-bond acceptors (Lipinski definition) is 6. The van der Waals surface area contributed by atoms with Crippen LogP contribution in [0.15, 0.2) is 60.3 Å². The number of amides is 2. The molecule has 31 heavy (non-hydrogen) atoms. The van der Waals surface area contributed by atoms with Crippen molar-refractivity contribution in [3.63, 3.8) is 0 Å². The molecule has 2 amide bonds. The minimum Gasteiger partial charge on any atom is -0.402 e. The van der Waals surface area contributed by atoms with E-state index in [2.05, 4.69) is 10.6 Å². The van der Waals surface area contributed by atoms with E-state index in [1.807, 2.05) is 30.3 Å². The summed E-state index contributed by atoms with van der Waals surface area (Å²) in [6, 6.07) is 14.5. The molecular formula is C22H25N5O3S. The number of carbonyl (C=O) groups is 2. The molecule has 2 aromatic rings. The first-order valence-electron chi connectivity index (χ1n) is 9.63. The van der Waals surface area contributed by atoms with E-state index in [9.17, 15) is 9.59 Å². The van der Waals surface area contributed by atoms with Crippen LogP contribution >= 0.6 is 12.2 Å². The van der Waals surface area contributed by atoms with E-state index in [0.29, 0.717) is 35.1 Å². The van der Waals surface area contributed by atoms with Gasteiger partial charge in [0.2, 0.25) is 5.91 Å². The summed E-state index contributed by atoms with van der Waals surface area (Å²) in [4.78, 5) is 24.3. The summed E-state index contributed by atoms with van der Waals surface area (Å²) >= 11 is 5.23. The van der Waals surface area contributed by atoms with Gasteiger partial charge in [-0.25, -0.2) is 0 Å². The Morgan fingerprint density at radius 3 is 2.52 bits per heavy atom. The van der Waals surface area contributed by atoms with Gasteiger partial charge in [0.05, 0.1) is 24.0 Å². The van der Waals surface area contributed by atoms with E-state index in [0.717, 1.165) is 5.56 Å². The maximum Gasteiger partial charge on any atom is 0.250 e. The van der Waals surface area contributed by atoms with Crippen LogP contribution in [0.25, 0.3) is 0 Å². The second-order valence-electron chi connectivity index (χ2n) is 7.45. The lowest BCUT2D eigenvalue weighted by Crippen LogP contribution is -2.41. The fourth-order valence-electron chi connectivity index (χ4n) is 3.23. The van der Waals surface area contributed by atoms with Gasteiger partial charge in [0.1, 0.15) is 10.5 Å². The fraction of sp³-hybridized carbons (Fsp3) is 0.227. The summed E-state index contributed by atoms with van der Waals surface area (Å²) in [5.74, 6) is -1.14. The normalized spacial score (nSPS) is 20.0. The Labute approximate surface area is 185 Å². The molecule has 0 unspecified atom stereocenters. The van der Waals surface area contributed by atoms with Gasteiger partial charge in [-0.3, -0.25) is 9.59 Å². The second kappa shape index (κ2) is 9.15. The minimum atomic E-state index is -1.03. The van der Waals surface area contributed by atoms with Crippen LogP contribution < -0.4 is 27.8 Å². The zero-order chi connectivity index (χ0) is 22.6. The Kier molecular flexibility index (Phi) is 6.57. The molecule has 0 radical (unpaired) electrons. The number of anilines is 2. The van der Waals surface area contributed by atoms with E-state index >= 15 is 0 Å². The Hall–Kier alpha value is -3.43. The first-order chi connectivity index (χ1) is 14.7. The Morgan fingerprint density at radius 1 is 1.19 bits per heavy atom. The molecule has 3 rings (SSSR count). The highest BCUT2D eigenvalue weighted by atomic mass is 32.1. The molecule has 1 aliphatic carbocycles. The van der Waals surface area contributed by atoms with E-state index in [1.165, 1.54) is 0 Å². The van der Waals surface area contributed by atoms with Crippen molar-refractivity contribution in [2.24, 2.45) is 17.2 Å². The molecule has 2 atom stereocenters. The molecular weight excluding hydrogens is 414 g/mol. The Morgan fingerprint density at radius 2 is 1.90 bits per heavy atom. The molecule has 0 spiro atoms. The number of rotatable bonds is 9. The predicted octanol–water partition coefficient (Wildman–Crippen LogP) is 2.01. The van der Waals surface area contributed by atoms with Crippen LogP contribution in [-0.4, -0.2) is 28.4 Å². The van der Waals surface area contributed by atoms with Crippen molar-refractivity contribution < 1.29 is 14.3 Å². The first-order valence-corrected chi connectivity index (χ1v) is 10.0. The van der Waals surface area contributed by atoms with Crippen molar-refractivity contribution in [2.45, 2.75) is 31.6 Å². The lowest BCUT2D eigenvalue weighted by atomic mass is 10.1. The number of nitrogens with two attached hydrogens (primary N) is 3. The van der Waals surface area contributed by atoms with Gasteiger partial charge >= 0.3 is 0 Å². The predicted molar refractivity (Wildman–Crippen MR) is 124 cm³/mol. The van der Waals surface area contributed by atoms with Crippen LogP contribution in [0.4, 0.5) is 11.4 Å².